The summed E-state index contributed by atoms with van der Waals surface area (Å²) in [6.45, 7) is -0.430. The molecule has 0 spiro atoms. The first-order chi connectivity index (χ1) is 16.3. The highest BCUT2D eigenvalue weighted by Gasteiger charge is 2.68. The third-order valence-corrected chi connectivity index (χ3v) is 8.26. The van der Waals surface area contributed by atoms with Crippen LogP contribution in [0.4, 0.5) is 0 Å². The molecule has 0 radical (unpaired) electrons. The third kappa shape index (κ3) is 4.25. The number of halogens is 2. The van der Waals surface area contributed by atoms with Crippen molar-refractivity contribution in [2.24, 2.45) is 23.7 Å². The van der Waals surface area contributed by atoms with Crippen molar-refractivity contribution in [3.63, 3.8) is 0 Å². The van der Waals surface area contributed by atoms with Gasteiger partial charge >= 0.3 is 17.9 Å². The lowest BCUT2D eigenvalue weighted by Crippen LogP contribution is -2.39. The maximum atomic E-state index is 12.7. The van der Waals surface area contributed by atoms with E-state index in [-0.39, 0.29) is 35.2 Å². The smallest absolute Gasteiger partial charge is 0.315 e. The normalized spacial score (nSPS) is 28.5. The monoisotopic (exact) mass is 546 g/mol. The van der Waals surface area contributed by atoms with Gasteiger partial charge in [0.25, 0.3) is 0 Å². The Bertz CT molecular complexity index is 1150. The van der Waals surface area contributed by atoms with Gasteiger partial charge in [0.2, 0.25) is 0 Å². The number of rotatable bonds is 7. The average Bonchev–Trinajstić information content (AvgIpc) is 3.43. The van der Waals surface area contributed by atoms with Gasteiger partial charge in [-0.2, -0.15) is 0 Å². The minimum Gasteiger partial charge on any atom is -0.461 e. The summed E-state index contributed by atoms with van der Waals surface area (Å²) in [6, 6.07) is 12.9. The number of esters is 3. The maximum Gasteiger partial charge on any atom is 0.315 e. The Morgan fingerprint density at radius 1 is 1.03 bits per heavy atom. The molecule has 3 fully saturated rings. The zero-order valence-electron chi connectivity index (χ0n) is 17.8. The number of benzene rings is 2. The first kappa shape index (κ1) is 23.1. The second-order valence-corrected chi connectivity index (χ2v) is 10.3. The highest BCUT2D eigenvalue weighted by molar-refractivity contribution is 9.09. The van der Waals surface area contributed by atoms with Gasteiger partial charge in [0, 0.05) is 16.5 Å². The molecule has 9 heteroatoms. The number of alkyl halides is 1. The van der Waals surface area contributed by atoms with Crippen LogP contribution in [0.25, 0.3) is 0 Å². The van der Waals surface area contributed by atoms with Gasteiger partial charge in [-0.05, 0) is 54.3 Å². The Morgan fingerprint density at radius 2 is 1.74 bits per heavy atom. The molecule has 0 unspecified atom stereocenters. The van der Waals surface area contributed by atoms with E-state index in [1.807, 2.05) is 0 Å². The van der Waals surface area contributed by atoms with Crippen LogP contribution in [0.2, 0.25) is 5.02 Å². The number of hydrogen-bond donors (Lipinski definition) is 0. The molecular weight excluding hydrogens is 528 g/mol. The van der Waals surface area contributed by atoms with Gasteiger partial charge in [0.1, 0.15) is 11.9 Å². The molecule has 1 heterocycles. The zero-order chi connectivity index (χ0) is 24.0. The summed E-state index contributed by atoms with van der Waals surface area (Å²) in [5.74, 6) is -2.50. The summed E-state index contributed by atoms with van der Waals surface area (Å²) < 4.78 is 16.0. The molecular formula is C25H20BrClO7. The third-order valence-electron chi connectivity index (χ3n) is 6.81. The minimum atomic E-state index is -0.587. The van der Waals surface area contributed by atoms with Crippen molar-refractivity contribution in [1.29, 1.82) is 0 Å². The molecule has 2 bridgehead atoms. The van der Waals surface area contributed by atoms with E-state index in [9.17, 15) is 19.2 Å². The number of Topliss-reactive ketones (excluding diaryl/α,β-unsaturated/α-hetero) is 1. The molecule has 2 aliphatic carbocycles. The van der Waals surface area contributed by atoms with Crippen molar-refractivity contribution >= 4 is 51.2 Å². The fourth-order valence-electron chi connectivity index (χ4n) is 5.26. The molecule has 2 aromatic carbocycles. The van der Waals surface area contributed by atoms with E-state index in [0.717, 1.165) is 12.0 Å². The summed E-state index contributed by atoms with van der Waals surface area (Å²) in [4.78, 5) is 49.5. The van der Waals surface area contributed by atoms with Gasteiger partial charge in [-0.3, -0.25) is 19.2 Å². The quantitative estimate of drug-likeness (QED) is 0.225. The van der Waals surface area contributed by atoms with Gasteiger partial charge in [-0.1, -0.05) is 39.7 Å². The number of hydrogen-bond acceptors (Lipinski definition) is 7. The van der Waals surface area contributed by atoms with Crippen molar-refractivity contribution in [2.45, 2.75) is 23.8 Å². The first-order valence-electron chi connectivity index (χ1n) is 10.9. The summed E-state index contributed by atoms with van der Waals surface area (Å²) in [7, 11) is 0. The van der Waals surface area contributed by atoms with Crippen LogP contribution in [0, 0.1) is 23.7 Å². The number of carbonyl (C=O) groups excluding carboxylic acids is 4. The minimum absolute atomic E-state index is 0.0316. The van der Waals surface area contributed by atoms with Crippen molar-refractivity contribution in [2.75, 3.05) is 6.61 Å². The Morgan fingerprint density at radius 3 is 2.44 bits per heavy atom. The van der Waals surface area contributed by atoms with Crippen molar-refractivity contribution in [1.82, 2.24) is 0 Å². The second kappa shape index (κ2) is 9.15. The molecule has 1 saturated heterocycles. The Labute approximate surface area is 208 Å². The highest BCUT2D eigenvalue weighted by atomic mass is 79.9. The Hall–Kier alpha value is -2.71. The molecule has 2 aromatic rings. The second-order valence-electron chi connectivity index (χ2n) is 8.79. The van der Waals surface area contributed by atoms with E-state index in [1.165, 1.54) is 24.3 Å². The van der Waals surface area contributed by atoms with Crippen LogP contribution in [-0.4, -0.2) is 41.2 Å². The van der Waals surface area contributed by atoms with Crippen molar-refractivity contribution in [3.8, 4) is 5.75 Å². The fourth-order valence-corrected chi connectivity index (χ4v) is 6.43. The molecule has 7 nitrogen and oxygen atoms in total. The van der Waals surface area contributed by atoms with Crippen LogP contribution < -0.4 is 4.74 Å². The van der Waals surface area contributed by atoms with Crippen LogP contribution in [0.5, 0.6) is 5.75 Å². The van der Waals surface area contributed by atoms with Crippen molar-refractivity contribution < 1.29 is 33.4 Å². The zero-order valence-corrected chi connectivity index (χ0v) is 20.2. The summed E-state index contributed by atoms with van der Waals surface area (Å²) in [5, 5.41) is 0.584. The van der Waals surface area contributed by atoms with Crippen LogP contribution >= 0.6 is 27.5 Å². The number of ether oxygens (including phenoxy) is 3. The lowest BCUT2D eigenvalue weighted by atomic mass is 9.80. The standard InChI is InChI=1S/C25H20BrClO7/c26-22-16-10-17-21(25(31)34-23(17)22)20(16)24(30)32-11-18(28)13-3-7-15(8-4-13)33-19(29)9-12-1-5-14(27)6-2-12/h1-8,16-17,20-23H,9-11H2/t16-,17-,20-,21-,22+,23+/m1/s1. The molecule has 2 saturated carbocycles. The summed E-state index contributed by atoms with van der Waals surface area (Å²) in [6.07, 6.45) is 0.650. The lowest BCUT2D eigenvalue weighted by molar-refractivity contribution is -0.154. The first-order valence-corrected chi connectivity index (χ1v) is 12.2. The molecule has 3 aliphatic rings. The highest BCUT2D eigenvalue weighted by Crippen LogP contribution is 2.60. The number of carbonyl (C=O) groups is 4. The predicted molar refractivity (Wildman–Crippen MR) is 124 cm³/mol. The molecule has 1 aliphatic heterocycles. The Balaban J connectivity index is 1.14. The van der Waals surface area contributed by atoms with Crippen LogP contribution in [0.1, 0.15) is 22.3 Å². The van der Waals surface area contributed by atoms with Gasteiger partial charge in [-0.25, -0.2) is 0 Å². The average molecular weight is 548 g/mol. The van der Waals surface area contributed by atoms with Crippen LogP contribution in [0.3, 0.4) is 0 Å². The van der Waals surface area contributed by atoms with E-state index in [2.05, 4.69) is 15.9 Å². The predicted octanol–water partition coefficient (Wildman–Crippen LogP) is 3.79. The van der Waals surface area contributed by atoms with E-state index >= 15 is 0 Å². The molecule has 0 amide bonds. The van der Waals surface area contributed by atoms with Crippen LogP contribution in [-0.2, 0) is 30.3 Å². The lowest BCUT2D eigenvalue weighted by Gasteiger charge is -2.26. The molecule has 34 heavy (non-hydrogen) atoms. The van der Waals surface area contributed by atoms with Gasteiger partial charge in [-0.15, -0.1) is 0 Å². The van der Waals surface area contributed by atoms with Crippen molar-refractivity contribution in [3.05, 3.63) is 64.7 Å². The van der Waals surface area contributed by atoms with Gasteiger partial charge in [0.05, 0.1) is 23.1 Å². The maximum absolute atomic E-state index is 12.7. The number of ketones is 1. The van der Waals surface area contributed by atoms with Gasteiger partial charge in [0.15, 0.2) is 12.4 Å². The molecule has 0 aromatic heterocycles. The molecule has 176 valence electrons. The van der Waals surface area contributed by atoms with E-state index in [1.54, 1.807) is 24.3 Å². The SMILES string of the molecule is O=C(Cc1ccc(Cl)cc1)Oc1ccc(C(=O)COC(=O)[C@@H]2[C@H]3C[C@H]4[C@H](OC(=O)[C@H]42)[C@H]3Br)cc1. The largest absolute Gasteiger partial charge is 0.461 e. The summed E-state index contributed by atoms with van der Waals surface area (Å²) >= 11 is 9.39. The topological polar surface area (TPSA) is 96.0 Å². The fraction of sp³-hybridized carbons (Fsp3) is 0.360. The van der Waals surface area contributed by atoms with E-state index in [0.29, 0.717) is 16.3 Å². The van der Waals surface area contributed by atoms with E-state index < -0.39 is 36.2 Å². The van der Waals surface area contributed by atoms with Crippen LogP contribution in [0.15, 0.2) is 48.5 Å². The Kier molecular flexibility index (Phi) is 6.20. The molecule has 6 atom stereocenters. The summed E-state index contributed by atoms with van der Waals surface area (Å²) in [5.41, 5.74) is 1.09. The molecule has 0 N–H and O–H groups in total. The van der Waals surface area contributed by atoms with Gasteiger partial charge < -0.3 is 14.2 Å². The molecule has 5 rings (SSSR count). The number of fused-ring (bicyclic) bond motifs is 1. The van der Waals surface area contributed by atoms with E-state index in [4.69, 9.17) is 25.8 Å².